The first kappa shape index (κ1) is 23.0. The third kappa shape index (κ3) is 6.23. The molecule has 0 saturated heterocycles. The van der Waals surface area contributed by atoms with E-state index in [9.17, 15) is 13.2 Å². The van der Waals surface area contributed by atoms with Crippen LogP contribution in [0.15, 0.2) is 53.4 Å². The van der Waals surface area contributed by atoms with Gasteiger partial charge in [0.2, 0.25) is 5.91 Å². The number of nitrogens with one attached hydrogen (secondary N) is 2. The summed E-state index contributed by atoms with van der Waals surface area (Å²) in [6.45, 7) is 4.03. The van der Waals surface area contributed by atoms with Crippen molar-refractivity contribution in [3.8, 4) is 11.5 Å². The van der Waals surface area contributed by atoms with E-state index in [0.29, 0.717) is 18.0 Å². The summed E-state index contributed by atoms with van der Waals surface area (Å²) in [6, 6.07) is 13.4. The van der Waals surface area contributed by atoms with Crippen molar-refractivity contribution >= 4 is 33.8 Å². The van der Waals surface area contributed by atoms with Crippen LogP contribution in [0.3, 0.4) is 0 Å². The van der Waals surface area contributed by atoms with Crippen LogP contribution in [0.2, 0.25) is 0 Å². The van der Waals surface area contributed by atoms with Gasteiger partial charge in [-0.05, 0) is 43.4 Å². The summed E-state index contributed by atoms with van der Waals surface area (Å²) in [7, 11) is -1.58. The molecule has 0 bridgehead atoms. The molecule has 1 atom stereocenters. The first-order valence-corrected chi connectivity index (χ1v) is 10.1. The topological polar surface area (TPSA) is 84.5 Å². The van der Waals surface area contributed by atoms with Crippen LogP contribution in [0.25, 0.3) is 0 Å². The molecule has 2 rings (SSSR count). The molecular weight excluding hydrogens is 388 g/mol. The Morgan fingerprint density at radius 3 is 2.33 bits per heavy atom. The number of sulfone groups is 1. The molecule has 1 unspecified atom stereocenters. The highest BCUT2D eigenvalue weighted by Crippen LogP contribution is 2.30. The van der Waals surface area contributed by atoms with Gasteiger partial charge in [0.05, 0.1) is 5.75 Å². The summed E-state index contributed by atoms with van der Waals surface area (Å²) >= 11 is 0. The summed E-state index contributed by atoms with van der Waals surface area (Å²) in [5.41, 5.74) is 0.653. The maximum absolute atomic E-state index is 12.2. The van der Waals surface area contributed by atoms with Crippen molar-refractivity contribution in [1.82, 2.24) is 5.32 Å². The minimum Gasteiger partial charge on any atom is -0.456 e. The van der Waals surface area contributed by atoms with Gasteiger partial charge in [-0.3, -0.25) is 4.79 Å². The molecule has 2 N–H and O–H groups in total. The number of halogens is 1. The van der Waals surface area contributed by atoms with Crippen molar-refractivity contribution < 1.29 is 17.9 Å². The molecule has 0 spiro atoms. The Morgan fingerprint density at radius 1 is 1.11 bits per heavy atom. The van der Waals surface area contributed by atoms with E-state index in [1.807, 2.05) is 6.92 Å². The Kier molecular flexibility index (Phi) is 8.75. The largest absolute Gasteiger partial charge is 0.456 e. The van der Waals surface area contributed by atoms with Gasteiger partial charge in [-0.1, -0.05) is 26.0 Å². The lowest BCUT2D eigenvalue weighted by Gasteiger charge is -2.13. The van der Waals surface area contributed by atoms with Gasteiger partial charge in [0.1, 0.15) is 16.4 Å². The fraction of sp³-hybridized carbons (Fsp3) is 0.316. The predicted molar refractivity (Wildman–Crippen MR) is 110 cm³/mol. The maximum atomic E-state index is 12.2. The molecular formula is C19H25ClN2O4S. The number of benzene rings is 2. The van der Waals surface area contributed by atoms with Gasteiger partial charge in [-0.25, -0.2) is 8.42 Å². The van der Waals surface area contributed by atoms with Crippen molar-refractivity contribution in [3.63, 3.8) is 0 Å². The third-order valence-electron chi connectivity index (χ3n) is 3.87. The van der Waals surface area contributed by atoms with Crippen LogP contribution in [0, 0.1) is 5.92 Å². The van der Waals surface area contributed by atoms with Crippen LogP contribution < -0.4 is 15.4 Å². The van der Waals surface area contributed by atoms with Gasteiger partial charge in [0, 0.05) is 18.2 Å². The molecule has 0 radical (unpaired) electrons. The smallest absolute Gasteiger partial charge is 0.228 e. The molecule has 2 aromatic carbocycles. The number of hydrogen-bond acceptors (Lipinski definition) is 5. The lowest BCUT2D eigenvalue weighted by molar-refractivity contribution is -0.119. The van der Waals surface area contributed by atoms with Gasteiger partial charge in [0.25, 0.3) is 0 Å². The van der Waals surface area contributed by atoms with Crippen LogP contribution in [0.5, 0.6) is 11.5 Å². The molecule has 0 aliphatic carbocycles. The van der Waals surface area contributed by atoms with E-state index in [-0.39, 0.29) is 40.6 Å². The molecule has 0 heterocycles. The fourth-order valence-electron chi connectivity index (χ4n) is 2.34. The normalized spacial score (nSPS) is 12.0. The number of hydrogen-bond donors (Lipinski definition) is 2. The van der Waals surface area contributed by atoms with E-state index < -0.39 is 9.84 Å². The molecule has 0 saturated carbocycles. The van der Waals surface area contributed by atoms with Gasteiger partial charge in [-0.2, -0.15) is 0 Å². The molecule has 27 heavy (non-hydrogen) atoms. The second-order valence-corrected chi connectivity index (χ2v) is 8.17. The monoisotopic (exact) mass is 412 g/mol. The summed E-state index contributed by atoms with van der Waals surface area (Å²) in [4.78, 5) is 12.2. The molecule has 0 fully saturated rings. The maximum Gasteiger partial charge on any atom is 0.228 e. The number of rotatable bonds is 8. The number of anilines is 1. The van der Waals surface area contributed by atoms with Crippen molar-refractivity contribution in [3.05, 3.63) is 48.5 Å². The van der Waals surface area contributed by atoms with Crippen LogP contribution in [0.1, 0.15) is 13.8 Å². The third-order valence-corrected chi connectivity index (χ3v) is 5.64. The minimum atomic E-state index is -3.38. The van der Waals surface area contributed by atoms with Gasteiger partial charge in [-0.15, -0.1) is 12.4 Å². The molecule has 0 aliphatic rings. The number of amides is 1. The summed E-state index contributed by atoms with van der Waals surface area (Å²) < 4.78 is 30.1. The molecule has 0 aromatic heterocycles. The van der Waals surface area contributed by atoms with Crippen LogP contribution in [-0.2, 0) is 14.6 Å². The van der Waals surface area contributed by atoms with E-state index in [4.69, 9.17) is 4.74 Å². The van der Waals surface area contributed by atoms with E-state index in [2.05, 4.69) is 10.6 Å². The average Bonchev–Trinajstić information content (AvgIpc) is 2.64. The van der Waals surface area contributed by atoms with E-state index in [0.717, 1.165) is 0 Å². The molecule has 148 valence electrons. The Balaban J connectivity index is 0.00000364. The molecule has 0 aliphatic heterocycles. The number of ether oxygens (including phenoxy) is 1. The van der Waals surface area contributed by atoms with Crippen molar-refractivity contribution in [2.45, 2.75) is 18.7 Å². The molecule has 6 nitrogen and oxygen atoms in total. The Bertz CT molecular complexity index is 854. The summed E-state index contributed by atoms with van der Waals surface area (Å²) in [5, 5.41) is 5.79. The van der Waals surface area contributed by atoms with Gasteiger partial charge >= 0.3 is 0 Å². The first-order valence-electron chi connectivity index (χ1n) is 8.42. The fourth-order valence-corrected chi connectivity index (χ4v) is 3.36. The van der Waals surface area contributed by atoms with Crippen molar-refractivity contribution in [2.24, 2.45) is 5.92 Å². The first-order chi connectivity index (χ1) is 12.4. The highest BCUT2D eigenvalue weighted by atomic mass is 35.5. The zero-order valence-electron chi connectivity index (χ0n) is 15.6. The molecule has 8 heteroatoms. The highest BCUT2D eigenvalue weighted by Gasteiger charge is 2.17. The zero-order valence-corrected chi connectivity index (χ0v) is 17.2. The van der Waals surface area contributed by atoms with Crippen molar-refractivity contribution in [1.29, 1.82) is 0 Å². The highest BCUT2D eigenvalue weighted by molar-refractivity contribution is 7.91. The summed E-state index contributed by atoms with van der Waals surface area (Å²) in [5.74, 6) is 0.552. The Hall–Kier alpha value is -2.09. The van der Waals surface area contributed by atoms with Crippen molar-refractivity contribution in [2.75, 3.05) is 24.7 Å². The van der Waals surface area contributed by atoms with Crippen LogP contribution in [-0.4, -0.2) is 33.7 Å². The average molecular weight is 413 g/mol. The van der Waals surface area contributed by atoms with Crippen LogP contribution >= 0.6 is 12.4 Å². The quantitative estimate of drug-likeness (QED) is 0.693. The SMILES string of the molecule is CCS(=O)(=O)c1ccccc1Oc1ccc(NC(=O)C(C)CNC)cc1.Cl. The second-order valence-electron chi connectivity index (χ2n) is 5.92. The standard InChI is InChI=1S/C19H24N2O4S.ClH/c1-4-26(23,24)18-8-6-5-7-17(18)25-16-11-9-15(10-12-16)21-19(22)14(2)13-20-3;/h5-12,14,20H,4,13H2,1-3H3,(H,21,22);1H. The number of carbonyl (C=O) groups is 1. The van der Waals surface area contributed by atoms with Gasteiger partial charge < -0.3 is 15.4 Å². The lowest BCUT2D eigenvalue weighted by Crippen LogP contribution is -2.28. The number of carbonyl (C=O) groups excluding carboxylic acids is 1. The second kappa shape index (κ2) is 10.3. The lowest BCUT2D eigenvalue weighted by atomic mass is 10.1. The number of para-hydroxylation sites is 1. The minimum absolute atomic E-state index is 0. The molecule has 1 amide bonds. The van der Waals surface area contributed by atoms with Crippen LogP contribution in [0.4, 0.5) is 5.69 Å². The van der Waals surface area contributed by atoms with Gasteiger partial charge in [0.15, 0.2) is 9.84 Å². The molecule has 2 aromatic rings. The Morgan fingerprint density at radius 2 is 1.74 bits per heavy atom. The summed E-state index contributed by atoms with van der Waals surface area (Å²) in [6.07, 6.45) is 0. The predicted octanol–water partition coefficient (Wildman–Crippen LogP) is 3.49. The zero-order chi connectivity index (χ0) is 19.2. The van der Waals surface area contributed by atoms with E-state index in [1.54, 1.807) is 56.4 Å². The van der Waals surface area contributed by atoms with E-state index >= 15 is 0 Å². The Labute approximate surface area is 166 Å². The van der Waals surface area contributed by atoms with E-state index in [1.165, 1.54) is 6.07 Å².